The number of benzene rings is 2. The molecule has 2 aromatic rings. The molecule has 0 fully saturated rings. The van der Waals surface area contributed by atoms with Crippen molar-refractivity contribution in [2.45, 2.75) is 4.90 Å². The molecule has 6 nitrogen and oxygen atoms in total. The van der Waals surface area contributed by atoms with E-state index in [4.69, 9.17) is 5.26 Å². The van der Waals surface area contributed by atoms with Crippen LogP contribution in [0.2, 0.25) is 0 Å². The van der Waals surface area contributed by atoms with Crippen molar-refractivity contribution in [2.75, 3.05) is 19.4 Å². The van der Waals surface area contributed by atoms with Gasteiger partial charge < -0.3 is 5.32 Å². The first-order chi connectivity index (χ1) is 11.8. The standard InChI is InChI=1S/C18H17N3O3S/c1-21(2)25(23,24)17-10-8-16(9-11-17)20-18(22)12-7-14-5-3-4-6-15(14)13-19/h3-12H,1-2H3,(H,20,22)/b12-7+. The zero-order valence-corrected chi connectivity index (χ0v) is 14.6. The van der Waals surface area contributed by atoms with Crippen LogP contribution < -0.4 is 5.32 Å². The van der Waals surface area contributed by atoms with Crippen molar-refractivity contribution in [1.82, 2.24) is 4.31 Å². The fourth-order valence-corrected chi connectivity index (χ4v) is 2.92. The Balaban J connectivity index is 2.09. The Kier molecular flexibility index (Phi) is 5.70. The second kappa shape index (κ2) is 7.75. The molecular weight excluding hydrogens is 338 g/mol. The van der Waals surface area contributed by atoms with E-state index in [1.54, 1.807) is 30.3 Å². The second-order valence-corrected chi connectivity index (χ2v) is 7.49. The number of amides is 1. The number of carbonyl (C=O) groups is 1. The summed E-state index contributed by atoms with van der Waals surface area (Å²) < 4.78 is 25.1. The molecule has 0 aromatic heterocycles. The molecule has 1 N–H and O–H groups in total. The first kappa shape index (κ1) is 18.4. The lowest BCUT2D eigenvalue weighted by atomic mass is 10.1. The van der Waals surface area contributed by atoms with Gasteiger partial charge >= 0.3 is 0 Å². The van der Waals surface area contributed by atoms with Crippen LogP contribution in [-0.4, -0.2) is 32.7 Å². The molecule has 2 aromatic carbocycles. The molecule has 0 aliphatic carbocycles. The highest BCUT2D eigenvalue weighted by Crippen LogP contribution is 2.17. The summed E-state index contributed by atoms with van der Waals surface area (Å²) in [5.41, 5.74) is 1.60. The average molecular weight is 355 g/mol. The lowest BCUT2D eigenvalue weighted by Crippen LogP contribution is -2.22. The molecule has 128 valence electrons. The first-order valence-corrected chi connectivity index (χ1v) is 8.79. The Hall–Kier alpha value is -2.95. The predicted molar refractivity (Wildman–Crippen MR) is 96.1 cm³/mol. The third-order valence-corrected chi connectivity index (χ3v) is 5.23. The van der Waals surface area contributed by atoms with Gasteiger partial charge in [0.05, 0.1) is 16.5 Å². The Bertz CT molecular complexity index is 940. The molecule has 0 bridgehead atoms. The van der Waals surface area contributed by atoms with E-state index in [0.717, 1.165) is 4.31 Å². The summed E-state index contributed by atoms with van der Waals surface area (Å²) in [7, 11) is -0.594. The zero-order valence-electron chi connectivity index (χ0n) is 13.8. The summed E-state index contributed by atoms with van der Waals surface area (Å²) in [6.07, 6.45) is 2.87. The van der Waals surface area contributed by atoms with Gasteiger partial charge in [-0.25, -0.2) is 12.7 Å². The van der Waals surface area contributed by atoms with E-state index in [1.165, 1.54) is 44.4 Å². The third-order valence-electron chi connectivity index (χ3n) is 3.40. The maximum atomic E-state index is 12.0. The van der Waals surface area contributed by atoms with Gasteiger partial charge in [-0.3, -0.25) is 4.79 Å². The number of sulfonamides is 1. The topological polar surface area (TPSA) is 90.3 Å². The molecule has 0 unspecified atom stereocenters. The summed E-state index contributed by atoms with van der Waals surface area (Å²) >= 11 is 0. The summed E-state index contributed by atoms with van der Waals surface area (Å²) in [6, 6.07) is 14.9. The van der Waals surface area contributed by atoms with Crippen LogP contribution in [0.5, 0.6) is 0 Å². The monoisotopic (exact) mass is 355 g/mol. The van der Waals surface area contributed by atoms with E-state index in [1.807, 2.05) is 0 Å². The van der Waals surface area contributed by atoms with Crippen molar-refractivity contribution < 1.29 is 13.2 Å². The first-order valence-electron chi connectivity index (χ1n) is 7.35. The second-order valence-electron chi connectivity index (χ2n) is 5.33. The lowest BCUT2D eigenvalue weighted by Gasteiger charge is -2.11. The van der Waals surface area contributed by atoms with Gasteiger partial charge in [-0.05, 0) is 42.0 Å². The maximum Gasteiger partial charge on any atom is 0.248 e. The van der Waals surface area contributed by atoms with E-state index < -0.39 is 10.0 Å². The quantitative estimate of drug-likeness (QED) is 0.834. The number of hydrogen-bond donors (Lipinski definition) is 1. The van der Waals surface area contributed by atoms with Gasteiger partial charge in [-0.15, -0.1) is 0 Å². The lowest BCUT2D eigenvalue weighted by molar-refractivity contribution is -0.111. The molecule has 0 aliphatic heterocycles. The van der Waals surface area contributed by atoms with E-state index >= 15 is 0 Å². The summed E-state index contributed by atoms with van der Waals surface area (Å²) in [5, 5.41) is 11.7. The van der Waals surface area contributed by atoms with Crippen LogP contribution in [0.25, 0.3) is 6.08 Å². The van der Waals surface area contributed by atoms with Crippen molar-refractivity contribution in [1.29, 1.82) is 5.26 Å². The van der Waals surface area contributed by atoms with Gasteiger partial charge in [0.15, 0.2) is 0 Å². The van der Waals surface area contributed by atoms with Crippen molar-refractivity contribution in [3.63, 3.8) is 0 Å². The molecular formula is C18H17N3O3S. The number of nitriles is 1. The minimum atomic E-state index is -3.50. The zero-order chi connectivity index (χ0) is 18.4. The minimum absolute atomic E-state index is 0.147. The summed E-state index contributed by atoms with van der Waals surface area (Å²) in [4.78, 5) is 12.1. The Morgan fingerprint density at radius 2 is 1.76 bits per heavy atom. The SMILES string of the molecule is CN(C)S(=O)(=O)c1ccc(NC(=O)/C=C/c2ccccc2C#N)cc1. The molecule has 0 saturated heterocycles. The number of carbonyl (C=O) groups excluding carboxylic acids is 1. The molecule has 0 heterocycles. The van der Waals surface area contributed by atoms with Crippen molar-refractivity contribution >= 4 is 27.7 Å². The van der Waals surface area contributed by atoms with Crippen LogP contribution >= 0.6 is 0 Å². The van der Waals surface area contributed by atoms with Crippen LogP contribution in [0.3, 0.4) is 0 Å². The summed E-state index contributed by atoms with van der Waals surface area (Å²) in [5.74, 6) is -0.379. The fourth-order valence-electron chi connectivity index (χ4n) is 2.01. The molecule has 0 atom stereocenters. The van der Waals surface area contributed by atoms with Crippen LogP contribution in [-0.2, 0) is 14.8 Å². The Morgan fingerprint density at radius 1 is 1.12 bits per heavy atom. The molecule has 7 heteroatoms. The fraction of sp³-hybridized carbons (Fsp3) is 0.111. The number of rotatable bonds is 5. The van der Waals surface area contributed by atoms with Gasteiger partial charge in [0.2, 0.25) is 15.9 Å². The number of hydrogen-bond acceptors (Lipinski definition) is 4. The van der Waals surface area contributed by atoms with Gasteiger partial charge in [0, 0.05) is 25.9 Å². The largest absolute Gasteiger partial charge is 0.323 e. The number of nitrogens with zero attached hydrogens (tertiary/aromatic N) is 2. The molecule has 0 radical (unpaired) electrons. The van der Waals surface area contributed by atoms with E-state index in [2.05, 4.69) is 11.4 Å². The molecule has 0 saturated carbocycles. The van der Waals surface area contributed by atoms with E-state index in [0.29, 0.717) is 16.8 Å². The Labute approximate surface area is 147 Å². The average Bonchev–Trinajstić information content (AvgIpc) is 2.60. The Morgan fingerprint density at radius 3 is 2.36 bits per heavy atom. The van der Waals surface area contributed by atoms with Crippen molar-refractivity contribution in [2.24, 2.45) is 0 Å². The van der Waals surface area contributed by atoms with Crippen LogP contribution in [0.1, 0.15) is 11.1 Å². The molecule has 0 spiro atoms. The third kappa shape index (κ3) is 4.53. The van der Waals surface area contributed by atoms with Crippen LogP contribution in [0, 0.1) is 11.3 Å². The van der Waals surface area contributed by atoms with Gasteiger partial charge in [0.25, 0.3) is 0 Å². The highest BCUT2D eigenvalue weighted by atomic mass is 32.2. The number of anilines is 1. The van der Waals surface area contributed by atoms with Gasteiger partial charge in [-0.2, -0.15) is 5.26 Å². The normalized spacial score (nSPS) is 11.4. The maximum absolute atomic E-state index is 12.0. The predicted octanol–water partition coefficient (Wildman–Crippen LogP) is 2.46. The molecule has 2 rings (SSSR count). The van der Waals surface area contributed by atoms with Crippen molar-refractivity contribution in [3.05, 3.63) is 65.7 Å². The number of nitrogens with one attached hydrogen (secondary N) is 1. The van der Waals surface area contributed by atoms with Crippen molar-refractivity contribution in [3.8, 4) is 6.07 Å². The smallest absolute Gasteiger partial charge is 0.248 e. The highest BCUT2D eigenvalue weighted by Gasteiger charge is 2.16. The molecule has 0 aliphatic rings. The molecule has 1 amide bonds. The molecule has 25 heavy (non-hydrogen) atoms. The highest BCUT2D eigenvalue weighted by molar-refractivity contribution is 7.89. The minimum Gasteiger partial charge on any atom is -0.323 e. The van der Waals surface area contributed by atoms with Gasteiger partial charge in [-0.1, -0.05) is 18.2 Å². The van der Waals surface area contributed by atoms with E-state index in [-0.39, 0.29) is 10.8 Å². The summed E-state index contributed by atoms with van der Waals surface area (Å²) in [6.45, 7) is 0. The van der Waals surface area contributed by atoms with Crippen LogP contribution in [0.15, 0.2) is 59.5 Å². The van der Waals surface area contributed by atoms with E-state index in [9.17, 15) is 13.2 Å². The van der Waals surface area contributed by atoms with Gasteiger partial charge in [0.1, 0.15) is 0 Å². The van der Waals surface area contributed by atoms with Crippen LogP contribution in [0.4, 0.5) is 5.69 Å².